The SMILES string of the molecule is O=C(C=Cc1cccc2cccnc12)NCCC(=O)N1CCCCCC1. The lowest BCUT2D eigenvalue weighted by atomic mass is 10.1. The fourth-order valence-corrected chi connectivity index (χ4v) is 3.26. The van der Waals surface area contributed by atoms with Crippen LogP contribution < -0.4 is 5.32 Å². The molecule has 1 N–H and O–H groups in total. The first-order valence-corrected chi connectivity index (χ1v) is 9.31. The fourth-order valence-electron chi connectivity index (χ4n) is 3.26. The Hall–Kier alpha value is -2.69. The monoisotopic (exact) mass is 351 g/mol. The quantitative estimate of drug-likeness (QED) is 0.842. The van der Waals surface area contributed by atoms with Crippen LogP contribution in [0.5, 0.6) is 0 Å². The topological polar surface area (TPSA) is 62.3 Å². The van der Waals surface area contributed by atoms with E-state index in [1.165, 1.54) is 18.9 Å². The zero-order valence-corrected chi connectivity index (χ0v) is 15.0. The lowest BCUT2D eigenvalue weighted by Crippen LogP contribution is -2.34. The second-order valence-electron chi connectivity index (χ2n) is 6.59. The minimum atomic E-state index is -0.193. The van der Waals surface area contributed by atoms with Gasteiger partial charge in [-0.1, -0.05) is 37.1 Å². The van der Waals surface area contributed by atoms with Crippen LogP contribution in [0.2, 0.25) is 0 Å². The molecule has 5 nitrogen and oxygen atoms in total. The van der Waals surface area contributed by atoms with Crippen LogP contribution in [-0.2, 0) is 9.59 Å². The number of carbonyl (C=O) groups excluding carboxylic acids is 2. The van der Waals surface area contributed by atoms with Gasteiger partial charge in [0.25, 0.3) is 0 Å². The van der Waals surface area contributed by atoms with E-state index < -0.39 is 0 Å². The van der Waals surface area contributed by atoms with Gasteiger partial charge in [0.05, 0.1) is 5.52 Å². The molecule has 0 bridgehead atoms. The molecule has 1 aliphatic rings. The number of nitrogens with one attached hydrogen (secondary N) is 1. The highest BCUT2D eigenvalue weighted by molar-refractivity contribution is 5.95. The molecule has 26 heavy (non-hydrogen) atoms. The van der Waals surface area contributed by atoms with Gasteiger partial charge in [0.1, 0.15) is 0 Å². The smallest absolute Gasteiger partial charge is 0.244 e. The first kappa shape index (κ1) is 18.1. The minimum absolute atomic E-state index is 0.134. The molecule has 0 unspecified atom stereocenters. The normalized spacial score (nSPS) is 15.2. The molecule has 0 saturated carbocycles. The molecule has 1 aromatic carbocycles. The van der Waals surface area contributed by atoms with Crippen LogP contribution in [-0.4, -0.2) is 41.3 Å². The van der Waals surface area contributed by atoms with Crippen LogP contribution in [0.1, 0.15) is 37.7 Å². The molecule has 0 atom stereocenters. The number of pyridine rings is 1. The van der Waals surface area contributed by atoms with Gasteiger partial charge in [-0.3, -0.25) is 14.6 Å². The molecule has 0 aliphatic carbocycles. The van der Waals surface area contributed by atoms with Crippen molar-refractivity contribution in [3.63, 3.8) is 0 Å². The first-order chi connectivity index (χ1) is 12.7. The Balaban J connectivity index is 1.49. The summed E-state index contributed by atoms with van der Waals surface area (Å²) >= 11 is 0. The van der Waals surface area contributed by atoms with E-state index >= 15 is 0 Å². The lowest BCUT2D eigenvalue weighted by molar-refractivity contribution is -0.131. The standard InChI is InChI=1S/C21H25N3O2/c25-19(22-14-12-20(26)24-15-3-1-2-4-16-24)11-10-18-8-5-7-17-9-6-13-23-21(17)18/h5-11,13H,1-4,12,14-16H2,(H,22,25). The molecular weight excluding hydrogens is 326 g/mol. The van der Waals surface area contributed by atoms with Crippen LogP contribution in [0.25, 0.3) is 17.0 Å². The zero-order valence-electron chi connectivity index (χ0n) is 15.0. The minimum Gasteiger partial charge on any atom is -0.352 e. The molecular formula is C21H25N3O2. The summed E-state index contributed by atoms with van der Waals surface area (Å²) in [6.07, 6.45) is 9.94. The van der Waals surface area contributed by atoms with E-state index in [1.807, 2.05) is 35.2 Å². The van der Waals surface area contributed by atoms with E-state index in [4.69, 9.17) is 0 Å². The average molecular weight is 351 g/mol. The predicted octanol–water partition coefficient (Wildman–Crippen LogP) is 3.16. The van der Waals surface area contributed by atoms with Crippen molar-refractivity contribution in [2.24, 2.45) is 0 Å². The Labute approximate surface area is 154 Å². The molecule has 1 aliphatic heterocycles. The van der Waals surface area contributed by atoms with Crippen LogP contribution in [0.15, 0.2) is 42.6 Å². The molecule has 2 amide bonds. The third kappa shape index (κ3) is 4.91. The number of nitrogens with zero attached hydrogens (tertiary/aromatic N) is 2. The van der Waals surface area contributed by atoms with Crippen molar-refractivity contribution in [3.8, 4) is 0 Å². The molecule has 5 heteroatoms. The van der Waals surface area contributed by atoms with Gasteiger partial charge < -0.3 is 10.2 Å². The van der Waals surface area contributed by atoms with Crippen molar-refractivity contribution >= 4 is 28.8 Å². The van der Waals surface area contributed by atoms with Crippen molar-refractivity contribution in [1.29, 1.82) is 0 Å². The van der Waals surface area contributed by atoms with E-state index in [9.17, 15) is 9.59 Å². The highest BCUT2D eigenvalue weighted by atomic mass is 16.2. The number of amides is 2. The maximum atomic E-state index is 12.2. The number of carbonyl (C=O) groups is 2. The van der Waals surface area contributed by atoms with Crippen LogP contribution in [0.3, 0.4) is 0 Å². The molecule has 1 aromatic heterocycles. The van der Waals surface area contributed by atoms with Gasteiger partial charge in [-0.2, -0.15) is 0 Å². The molecule has 2 aromatic rings. The van der Waals surface area contributed by atoms with Crippen LogP contribution >= 0.6 is 0 Å². The molecule has 2 heterocycles. The third-order valence-electron chi connectivity index (χ3n) is 4.68. The maximum absolute atomic E-state index is 12.2. The fraction of sp³-hybridized carbons (Fsp3) is 0.381. The summed E-state index contributed by atoms with van der Waals surface area (Å²) in [5.74, 6) is -0.0592. The summed E-state index contributed by atoms with van der Waals surface area (Å²) in [6.45, 7) is 2.06. The van der Waals surface area contributed by atoms with Gasteiger partial charge in [-0.05, 0) is 25.0 Å². The van der Waals surface area contributed by atoms with E-state index in [-0.39, 0.29) is 11.8 Å². The van der Waals surface area contributed by atoms with Crippen molar-refractivity contribution in [1.82, 2.24) is 15.2 Å². The summed E-state index contributed by atoms with van der Waals surface area (Å²) in [5.41, 5.74) is 1.77. The molecule has 136 valence electrons. The molecule has 1 fully saturated rings. The summed E-state index contributed by atoms with van der Waals surface area (Å²) in [5, 5.41) is 3.83. The number of hydrogen-bond acceptors (Lipinski definition) is 3. The number of likely N-dealkylation sites (tertiary alicyclic amines) is 1. The van der Waals surface area contributed by atoms with Crippen LogP contribution in [0.4, 0.5) is 0 Å². The highest BCUT2D eigenvalue weighted by Gasteiger charge is 2.14. The summed E-state index contributed by atoms with van der Waals surface area (Å²) in [7, 11) is 0. The second kappa shape index (κ2) is 9.13. The van der Waals surface area contributed by atoms with Gasteiger partial charge in [0.2, 0.25) is 11.8 Å². The predicted molar refractivity (Wildman–Crippen MR) is 103 cm³/mol. The molecule has 1 saturated heterocycles. The van der Waals surface area contributed by atoms with Crippen LogP contribution in [0, 0.1) is 0 Å². The molecule has 3 rings (SSSR count). The number of para-hydroxylation sites is 1. The Kier molecular flexibility index (Phi) is 6.36. The Morgan fingerprint density at radius 1 is 1.08 bits per heavy atom. The van der Waals surface area contributed by atoms with Crippen molar-refractivity contribution in [2.45, 2.75) is 32.1 Å². The maximum Gasteiger partial charge on any atom is 0.244 e. The summed E-state index contributed by atoms with van der Waals surface area (Å²) < 4.78 is 0. The molecule has 0 spiro atoms. The highest BCUT2D eigenvalue weighted by Crippen LogP contribution is 2.17. The van der Waals surface area contributed by atoms with E-state index in [2.05, 4.69) is 10.3 Å². The Morgan fingerprint density at radius 3 is 2.65 bits per heavy atom. The molecule has 0 radical (unpaired) electrons. The van der Waals surface area contributed by atoms with E-state index in [0.29, 0.717) is 13.0 Å². The number of fused-ring (bicyclic) bond motifs is 1. The van der Waals surface area contributed by atoms with Crippen molar-refractivity contribution in [3.05, 3.63) is 48.2 Å². The van der Waals surface area contributed by atoms with Gasteiger partial charge in [-0.15, -0.1) is 0 Å². The average Bonchev–Trinajstić information content (AvgIpc) is 2.96. The number of hydrogen-bond donors (Lipinski definition) is 1. The number of aromatic nitrogens is 1. The van der Waals surface area contributed by atoms with E-state index in [0.717, 1.165) is 42.4 Å². The summed E-state index contributed by atoms with van der Waals surface area (Å²) in [4.78, 5) is 30.5. The van der Waals surface area contributed by atoms with Crippen molar-refractivity contribution < 1.29 is 9.59 Å². The number of rotatable bonds is 5. The van der Waals surface area contributed by atoms with Gasteiger partial charge in [0.15, 0.2) is 0 Å². The largest absolute Gasteiger partial charge is 0.352 e. The second-order valence-corrected chi connectivity index (χ2v) is 6.59. The van der Waals surface area contributed by atoms with Gasteiger partial charge >= 0.3 is 0 Å². The third-order valence-corrected chi connectivity index (χ3v) is 4.68. The Morgan fingerprint density at radius 2 is 1.85 bits per heavy atom. The lowest BCUT2D eigenvalue weighted by Gasteiger charge is -2.20. The van der Waals surface area contributed by atoms with Crippen molar-refractivity contribution in [2.75, 3.05) is 19.6 Å². The summed E-state index contributed by atoms with van der Waals surface area (Å²) in [6, 6.07) is 9.76. The number of benzene rings is 1. The van der Waals surface area contributed by atoms with E-state index in [1.54, 1.807) is 12.3 Å². The zero-order chi connectivity index (χ0) is 18.2. The van der Waals surface area contributed by atoms with Gasteiger partial charge in [-0.25, -0.2) is 0 Å². The Bertz CT molecular complexity index is 787. The first-order valence-electron chi connectivity index (χ1n) is 9.31. The van der Waals surface area contributed by atoms with Gasteiger partial charge in [0, 0.05) is 49.3 Å².